The van der Waals surface area contributed by atoms with Crippen LogP contribution in [0.5, 0.6) is 0 Å². The van der Waals surface area contributed by atoms with Crippen LogP contribution in [0, 0.1) is 3.70 Å². The second kappa shape index (κ2) is 7.98. The maximum atomic E-state index is 11.6. The van der Waals surface area contributed by atoms with Crippen molar-refractivity contribution in [1.29, 1.82) is 0 Å². The van der Waals surface area contributed by atoms with Crippen molar-refractivity contribution in [3.05, 3.63) is 63.0 Å². The molecule has 3 aromatic rings. The highest BCUT2D eigenvalue weighted by Crippen LogP contribution is 2.33. The number of nitrogens with zero attached hydrogens (tertiary/aromatic N) is 1. The van der Waals surface area contributed by atoms with Crippen molar-refractivity contribution in [3.63, 3.8) is 0 Å². The Morgan fingerprint density at radius 1 is 1.33 bits per heavy atom. The molecule has 6 heteroatoms. The molecule has 2 heterocycles. The minimum Gasteiger partial charge on any atom is -0.481 e. The monoisotopic (exact) mass is 478 g/mol. The summed E-state index contributed by atoms with van der Waals surface area (Å²) in [6.45, 7) is 6.65. The second-order valence-electron chi connectivity index (χ2n) is 7.30. The molecule has 0 saturated heterocycles. The van der Waals surface area contributed by atoms with E-state index in [-0.39, 0.29) is 5.92 Å². The quantitative estimate of drug-likeness (QED) is 0.477. The Bertz CT molecular complexity index is 951. The standard InChI is InChI=1S/C21H23IN2O3/c1-13(11-27-12-14-7-5-4-6-8-14)17-16-9-15(21(2,3)20(25)26)10-23-19(16)24-18(17)22/h4-10,13H,11-12H2,1-3H3,(H,23,24)(H,25,26). The van der Waals surface area contributed by atoms with Crippen molar-refractivity contribution < 1.29 is 14.6 Å². The zero-order valence-corrected chi connectivity index (χ0v) is 17.8. The lowest BCUT2D eigenvalue weighted by atomic mass is 9.85. The number of aliphatic carboxylic acids is 1. The number of nitrogens with one attached hydrogen (secondary N) is 1. The molecule has 142 valence electrons. The number of carboxylic acid groups (broad SMARTS) is 1. The van der Waals surface area contributed by atoms with E-state index < -0.39 is 11.4 Å². The number of hydrogen-bond acceptors (Lipinski definition) is 3. The number of aromatic amines is 1. The minimum atomic E-state index is -0.992. The first-order valence-corrected chi connectivity index (χ1v) is 9.91. The molecule has 1 unspecified atom stereocenters. The number of carbonyl (C=O) groups is 1. The van der Waals surface area contributed by atoms with Gasteiger partial charge in [-0.1, -0.05) is 37.3 Å². The van der Waals surface area contributed by atoms with Crippen molar-refractivity contribution in [1.82, 2.24) is 9.97 Å². The molecule has 1 atom stereocenters. The predicted molar refractivity (Wildman–Crippen MR) is 114 cm³/mol. The molecule has 2 N–H and O–H groups in total. The highest BCUT2D eigenvalue weighted by molar-refractivity contribution is 14.1. The van der Waals surface area contributed by atoms with Crippen LogP contribution in [0.2, 0.25) is 0 Å². The number of ether oxygens (including phenoxy) is 1. The van der Waals surface area contributed by atoms with Crippen molar-refractivity contribution in [2.45, 2.75) is 38.7 Å². The summed E-state index contributed by atoms with van der Waals surface area (Å²) >= 11 is 2.27. The number of pyridine rings is 1. The summed E-state index contributed by atoms with van der Waals surface area (Å²) in [6.07, 6.45) is 1.64. The van der Waals surface area contributed by atoms with Crippen molar-refractivity contribution in [2.75, 3.05) is 6.61 Å². The lowest BCUT2D eigenvalue weighted by Crippen LogP contribution is -2.28. The first kappa shape index (κ1) is 19.8. The van der Waals surface area contributed by atoms with Crippen molar-refractivity contribution in [3.8, 4) is 0 Å². The normalized spacial score (nSPS) is 13.0. The summed E-state index contributed by atoms with van der Waals surface area (Å²) in [5.41, 5.74) is 2.74. The van der Waals surface area contributed by atoms with Crippen molar-refractivity contribution >= 4 is 39.6 Å². The Morgan fingerprint density at radius 3 is 2.70 bits per heavy atom. The van der Waals surface area contributed by atoms with Gasteiger partial charge in [-0.25, -0.2) is 4.98 Å². The van der Waals surface area contributed by atoms with Crippen LogP contribution in [0.3, 0.4) is 0 Å². The van der Waals surface area contributed by atoms with Crippen LogP contribution in [0.1, 0.15) is 43.4 Å². The third-order valence-corrected chi connectivity index (χ3v) is 5.72. The van der Waals surface area contributed by atoms with Gasteiger partial charge in [-0.05, 0) is 59.2 Å². The molecule has 3 rings (SSSR count). The average molecular weight is 478 g/mol. The third-order valence-electron chi connectivity index (χ3n) is 4.87. The third kappa shape index (κ3) is 4.16. The smallest absolute Gasteiger partial charge is 0.313 e. The predicted octanol–water partition coefficient (Wildman–Crippen LogP) is 4.85. The van der Waals surface area contributed by atoms with Crippen molar-refractivity contribution in [2.24, 2.45) is 0 Å². The summed E-state index contributed by atoms with van der Waals surface area (Å²) in [4.78, 5) is 19.4. The summed E-state index contributed by atoms with van der Waals surface area (Å²) in [7, 11) is 0. The molecule has 5 nitrogen and oxygen atoms in total. The van der Waals surface area contributed by atoms with Gasteiger partial charge in [0, 0.05) is 17.5 Å². The van der Waals surface area contributed by atoms with E-state index in [1.54, 1.807) is 20.0 Å². The highest BCUT2D eigenvalue weighted by atomic mass is 127. The Morgan fingerprint density at radius 2 is 2.04 bits per heavy atom. The van der Waals surface area contributed by atoms with Gasteiger partial charge < -0.3 is 14.8 Å². The fourth-order valence-electron chi connectivity index (χ4n) is 3.02. The number of halogens is 1. The van der Waals surface area contributed by atoms with Gasteiger partial charge >= 0.3 is 5.97 Å². The maximum Gasteiger partial charge on any atom is 0.313 e. The molecular weight excluding hydrogens is 455 g/mol. The van der Waals surface area contributed by atoms with E-state index in [9.17, 15) is 9.90 Å². The SMILES string of the molecule is CC(COCc1ccccc1)c1c(I)[nH]c2ncc(C(C)(C)C(=O)O)cc12. The van der Waals surface area contributed by atoms with Crippen LogP contribution in [-0.2, 0) is 21.6 Å². The Labute approximate surface area is 172 Å². The molecule has 0 fully saturated rings. The molecule has 0 aliphatic rings. The summed E-state index contributed by atoms with van der Waals surface area (Å²) in [5.74, 6) is -0.714. The fourth-order valence-corrected chi connectivity index (χ4v) is 4.09. The topological polar surface area (TPSA) is 75.2 Å². The van der Waals surface area contributed by atoms with Crippen LogP contribution in [0.25, 0.3) is 11.0 Å². The highest BCUT2D eigenvalue weighted by Gasteiger charge is 2.31. The number of carboxylic acids is 1. The van der Waals surface area contributed by atoms with Crippen LogP contribution in [0.4, 0.5) is 0 Å². The van der Waals surface area contributed by atoms with Crippen LogP contribution in [-0.4, -0.2) is 27.7 Å². The first-order valence-electron chi connectivity index (χ1n) is 8.83. The van der Waals surface area contributed by atoms with Crippen LogP contribution >= 0.6 is 22.6 Å². The number of fused-ring (bicyclic) bond motifs is 1. The zero-order chi connectivity index (χ0) is 19.6. The molecule has 0 spiro atoms. The largest absolute Gasteiger partial charge is 0.481 e. The molecule has 0 aliphatic heterocycles. The van der Waals surface area contributed by atoms with Crippen LogP contribution < -0.4 is 0 Å². The number of hydrogen-bond donors (Lipinski definition) is 2. The second-order valence-corrected chi connectivity index (χ2v) is 8.38. The van der Waals surface area contributed by atoms with E-state index in [0.29, 0.717) is 18.8 Å². The molecule has 1 aromatic carbocycles. The molecule has 27 heavy (non-hydrogen) atoms. The zero-order valence-electron chi connectivity index (χ0n) is 15.6. The van der Waals surface area contributed by atoms with Gasteiger partial charge in [0.05, 0.1) is 22.3 Å². The molecule has 0 radical (unpaired) electrons. The molecular formula is C21H23IN2O3. The molecule has 0 amide bonds. The Kier molecular flexibility index (Phi) is 5.86. The van der Waals surface area contributed by atoms with Gasteiger partial charge in [-0.3, -0.25) is 4.79 Å². The molecule has 0 bridgehead atoms. The molecule has 0 aliphatic carbocycles. The molecule has 0 saturated carbocycles. The fraction of sp³-hybridized carbons (Fsp3) is 0.333. The summed E-state index contributed by atoms with van der Waals surface area (Å²) in [6, 6.07) is 12.0. The minimum absolute atomic E-state index is 0.152. The lowest BCUT2D eigenvalue weighted by Gasteiger charge is -2.19. The van der Waals surface area contributed by atoms with Gasteiger partial charge in [0.15, 0.2) is 0 Å². The molecule has 2 aromatic heterocycles. The van der Waals surface area contributed by atoms with E-state index in [0.717, 1.165) is 25.9 Å². The van der Waals surface area contributed by atoms with E-state index in [1.165, 1.54) is 0 Å². The Hall–Kier alpha value is -1.93. The van der Waals surface area contributed by atoms with Crippen LogP contribution in [0.15, 0.2) is 42.6 Å². The Balaban J connectivity index is 1.84. The van der Waals surface area contributed by atoms with E-state index >= 15 is 0 Å². The number of aromatic nitrogens is 2. The summed E-state index contributed by atoms with van der Waals surface area (Å²) < 4.78 is 6.92. The van der Waals surface area contributed by atoms with Gasteiger partial charge in [0.1, 0.15) is 5.65 Å². The van der Waals surface area contributed by atoms with Gasteiger partial charge in [-0.2, -0.15) is 0 Å². The number of rotatable bonds is 7. The van der Waals surface area contributed by atoms with E-state index in [2.05, 4.69) is 39.5 Å². The number of H-pyrrole nitrogens is 1. The first-order chi connectivity index (χ1) is 12.8. The maximum absolute atomic E-state index is 11.6. The van der Waals surface area contributed by atoms with E-state index in [1.807, 2.05) is 36.4 Å². The number of benzene rings is 1. The summed E-state index contributed by atoms with van der Waals surface area (Å²) in [5, 5.41) is 10.5. The lowest BCUT2D eigenvalue weighted by molar-refractivity contribution is -0.142. The van der Waals surface area contributed by atoms with Gasteiger partial charge in [0.25, 0.3) is 0 Å². The van der Waals surface area contributed by atoms with E-state index in [4.69, 9.17) is 4.74 Å². The van der Waals surface area contributed by atoms with Gasteiger partial charge in [-0.15, -0.1) is 0 Å². The average Bonchev–Trinajstić information content (AvgIpc) is 2.97. The van der Waals surface area contributed by atoms with Gasteiger partial charge in [0.2, 0.25) is 0 Å².